The Morgan fingerprint density at radius 3 is 2.54 bits per heavy atom. The molecule has 9 heteroatoms. The highest BCUT2D eigenvalue weighted by molar-refractivity contribution is 7.89. The molecule has 0 saturated carbocycles. The largest absolute Gasteiger partial charge is 0.480 e. The van der Waals surface area contributed by atoms with E-state index in [2.05, 4.69) is 5.32 Å². The summed E-state index contributed by atoms with van der Waals surface area (Å²) in [4.78, 5) is 23.8. The standard InChI is InChI=1S/C17H24N2O6S/c1-2-3-7-14(17(21)22)18-16(20)13-6-4-5-8-15(13)26(23,24)19-9-11-25-12-10-19/h4-6,8,14H,2-3,7,9-12H2,1H3,(H,18,20)(H,21,22)/t14-/m0/s1. The lowest BCUT2D eigenvalue weighted by Gasteiger charge is -2.27. The molecule has 0 spiro atoms. The molecule has 0 unspecified atom stereocenters. The van der Waals surface area contributed by atoms with Crippen LogP contribution in [-0.4, -0.2) is 62.1 Å². The second kappa shape index (κ2) is 9.11. The van der Waals surface area contributed by atoms with E-state index in [0.717, 1.165) is 6.42 Å². The number of benzene rings is 1. The Hall–Kier alpha value is -1.97. The molecular formula is C17H24N2O6S. The van der Waals surface area contributed by atoms with Crippen LogP contribution in [0.5, 0.6) is 0 Å². The van der Waals surface area contributed by atoms with Gasteiger partial charge in [-0.2, -0.15) is 4.31 Å². The summed E-state index contributed by atoms with van der Waals surface area (Å²) in [6, 6.07) is 4.79. The summed E-state index contributed by atoms with van der Waals surface area (Å²) in [7, 11) is -3.87. The van der Waals surface area contributed by atoms with E-state index < -0.39 is 27.9 Å². The maximum Gasteiger partial charge on any atom is 0.326 e. The molecule has 1 aromatic rings. The van der Waals surface area contributed by atoms with Crippen LogP contribution in [0.15, 0.2) is 29.2 Å². The van der Waals surface area contributed by atoms with Gasteiger partial charge in [-0.05, 0) is 18.6 Å². The van der Waals surface area contributed by atoms with Crippen molar-refractivity contribution in [3.05, 3.63) is 29.8 Å². The number of rotatable bonds is 8. The lowest BCUT2D eigenvalue weighted by Crippen LogP contribution is -2.43. The van der Waals surface area contributed by atoms with E-state index in [-0.39, 0.29) is 30.0 Å². The molecule has 1 amide bonds. The van der Waals surface area contributed by atoms with Crippen molar-refractivity contribution < 1.29 is 27.9 Å². The van der Waals surface area contributed by atoms with E-state index >= 15 is 0 Å². The number of carbonyl (C=O) groups excluding carboxylic acids is 1. The van der Waals surface area contributed by atoms with Crippen molar-refractivity contribution in [1.29, 1.82) is 0 Å². The van der Waals surface area contributed by atoms with E-state index in [0.29, 0.717) is 19.6 Å². The zero-order chi connectivity index (χ0) is 19.2. The zero-order valence-corrected chi connectivity index (χ0v) is 15.5. The van der Waals surface area contributed by atoms with Crippen LogP contribution < -0.4 is 5.32 Å². The molecule has 0 bridgehead atoms. The lowest BCUT2D eigenvalue weighted by atomic mass is 10.1. The number of aliphatic carboxylic acids is 1. The molecule has 0 aromatic heterocycles. The van der Waals surface area contributed by atoms with Gasteiger partial charge >= 0.3 is 5.97 Å². The van der Waals surface area contributed by atoms with E-state index in [1.54, 1.807) is 6.07 Å². The van der Waals surface area contributed by atoms with Gasteiger partial charge in [0.05, 0.1) is 23.7 Å². The molecule has 2 N–H and O–H groups in total. The average molecular weight is 384 g/mol. The smallest absolute Gasteiger partial charge is 0.326 e. The molecule has 0 aliphatic carbocycles. The minimum absolute atomic E-state index is 0.0539. The normalized spacial score (nSPS) is 16.8. The van der Waals surface area contributed by atoms with Gasteiger partial charge in [0.1, 0.15) is 6.04 Å². The Morgan fingerprint density at radius 1 is 1.27 bits per heavy atom. The van der Waals surface area contributed by atoms with Gasteiger partial charge in [-0.1, -0.05) is 31.9 Å². The van der Waals surface area contributed by atoms with Gasteiger partial charge in [-0.3, -0.25) is 4.79 Å². The SMILES string of the molecule is CCCC[C@H](NC(=O)c1ccccc1S(=O)(=O)N1CCOCC1)C(=O)O. The fourth-order valence-electron chi connectivity index (χ4n) is 2.71. The number of hydrogen-bond acceptors (Lipinski definition) is 5. The Morgan fingerprint density at radius 2 is 1.92 bits per heavy atom. The first kappa shape index (κ1) is 20.3. The third-order valence-corrected chi connectivity index (χ3v) is 6.13. The summed E-state index contributed by atoms with van der Waals surface area (Å²) >= 11 is 0. The van der Waals surface area contributed by atoms with Crippen molar-refractivity contribution in [3.8, 4) is 0 Å². The first-order chi connectivity index (χ1) is 12.4. The summed E-state index contributed by atoms with van der Waals surface area (Å²) in [6.07, 6.45) is 1.72. The van der Waals surface area contributed by atoms with E-state index in [9.17, 15) is 23.1 Å². The number of unbranched alkanes of at least 4 members (excludes halogenated alkanes) is 1. The van der Waals surface area contributed by atoms with Crippen LogP contribution in [0.4, 0.5) is 0 Å². The zero-order valence-electron chi connectivity index (χ0n) is 14.7. The first-order valence-electron chi connectivity index (χ1n) is 8.58. The number of sulfonamides is 1. The van der Waals surface area contributed by atoms with Gasteiger partial charge in [0.15, 0.2) is 0 Å². The second-order valence-corrected chi connectivity index (χ2v) is 7.93. The van der Waals surface area contributed by atoms with E-state index in [1.807, 2.05) is 6.92 Å². The Kier molecular flexibility index (Phi) is 7.13. The number of nitrogens with zero attached hydrogens (tertiary/aromatic N) is 1. The second-order valence-electron chi connectivity index (χ2n) is 6.02. The number of hydrogen-bond donors (Lipinski definition) is 2. The van der Waals surface area contributed by atoms with Crippen molar-refractivity contribution >= 4 is 21.9 Å². The molecule has 1 fully saturated rings. The maximum atomic E-state index is 12.9. The number of morpholine rings is 1. The van der Waals surface area contributed by atoms with Crippen LogP contribution in [0.1, 0.15) is 36.5 Å². The third kappa shape index (κ3) is 4.80. The Labute approximate surface area is 153 Å². The Balaban J connectivity index is 2.27. The van der Waals surface area contributed by atoms with Crippen LogP contribution in [0.3, 0.4) is 0 Å². The van der Waals surface area contributed by atoms with Crippen LogP contribution in [0.25, 0.3) is 0 Å². The molecule has 1 aromatic carbocycles. The highest BCUT2D eigenvalue weighted by atomic mass is 32.2. The highest BCUT2D eigenvalue weighted by Crippen LogP contribution is 2.21. The van der Waals surface area contributed by atoms with Crippen molar-refractivity contribution in [2.24, 2.45) is 0 Å². The number of carboxylic acid groups (broad SMARTS) is 1. The predicted octanol–water partition coefficient (Wildman–Crippen LogP) is 1.08. The van der Waals surface area contributed by atoms with E-state index in [1.165, 1.54) is 22.5 Å². The highest BCUT2D eigenvalue weighted by Gasteiger charge is 2.31. The van der Waals surface area contributed by atoms with Crippen molar-refractivity contribution in [2.75, 3.05) is 26.3 Å². The Bertz CT molecular complexity index is 743. The molecule has 26 heavy (non-hydrogen) atoms. The number of ether oxygens (including phenoxy) is 1. The molecule has 1 atom stereocenters. The van der Waals surface area contributed by atoms with Gasteiger partial charge in [0, 0.05) is 13.1 Å². The summed E-state index contributed by atoms with van der Waals surface area (Å²) in [5.41, 5.74) is -0.0539. The summed E-state index contributed by atoms with van der Waals surface area (Å²) in [5.74, 6) is -1.85. The van der Waals surface area contributed by atoms with Crippen molar-refractivity contribution in [2.45, 2.75) is 37.1 Å². The number of carbonyl (C=O) groups is 2. The van der Waals surface area contributed by atoms with Crippen LogP contribution in [0, 0.1) is 0 Å². The molecular weight excluding hydrogens is 360 g/mol. The summed E-state index contributed by atoms with van der Waals surface area (Å²) in [6.45, 7) is 2.95. The molecule has 2 rings (SSSR count). The van der Waals surface area contributed by atoms with Gasteiger partial charge in [-0.25, -0.2) is 13.2 Å². The van der Waals surface area contributed by atoms with Gasteiger partial charge in [0.25, 0.3) is 5.91 Å². The van der Waals surface area contributed by atoms with Gasteiger partial charge < -0.3 is 15.2 Å². The quantitative estimate of drug-likeness (QED) is 0.693. The first-order valence-corrected chi connectivity index (χ1v) is 10.0. The fraction of sp³-hybridized carbons (Fsp3) is 0.529. The van der Waals surface area contributed by atoms with Crippen molar-refractivity contribution in [1.82, 2.24) is 9.62 Å². The van der Waals surface area contributed by atoms with Gasteiger partial charge in [-0.15, -0.1) is 0 Å². The van der Waals surface area contributed by atoms with Crippen LogP contribution in [0.2, 0.25) is 0 Å². The number of carboxylic acids is 1. The summed E-state index contributed by atoms with van der Waals surface area (Å²) < 4.78 is 32.2. The maximum absolute atomic E-state index is 12.9. The molecule has 1 aliphatic heterocycles. The van der Waals surface area contributed by atoms with Crippen LogP contribution >= 0.6 is 0 Å². The fourth-order valence-corrected chi connectivity index (χ4v) is 4.30. The summed E-state index contributed by atoms with van der Waals surface area (Å²) in [5, 5.41) is 11.7. The molecule has 144 valence electrons. The number of nitrogens with one attached hydrogen (secondary N) is 1. The predicted molar refractivity (Wildman–Crippen MR) is 94.4 cm³/mol. The van der Waals surface area contributed by atoms with Crippen molar-refractivity contribution in [3.63, 3.8) is 0 Å². The minimum atomic E-state index is -3.87. The lowest BCUT2D eigenvalue weighted by molar-refractivity contribution is -0.139. The monoisotopic (exact) mass is 384 g/mol. The average Bonchev–Trinajstić information content (AvgIpc) is 2.65. The van der Waals surface area contributed by atoms with Gasteiger partial charge in [0.2, 0.25) is 10.0 Å². The minimum Gasteiger partial charge on any atom is -0.480 e. The molecule has 0 radical (unpaired) electrons. The topological polar surface area (TPSA) is 113 Å². The van der Waals surface area contributed by atoms with E-state index in [4.69, 9.17) is 4.74 Å². The number of amides is 1. The molecule has 1 aliphatic rings. The molecule has 8 nitrogen and oxygen atoms in total. The molecule has 1 heterocycles. The third-order valence-electron chi connectivity index (χ3n) is 4.17. The van der Waals surface area contributed by atoms with Crippen LogP contribution in [-0.2, 0) is 19.6 Å². The molecule has 1 saturated heterocycles.